The summed E-state index contributed by atoms with van der Waals surface area (Å²) in [5.41, 5.74) is 33.7. The van der Waals surface area contributed by atoms with Gasteiger partial charge in [-0.05, 0) is 289 Å². The van der Waals surface area contributed by atoms with Gasteiger partial charge in [-0.1, -0.05) is 37.9 Å². The van der Waals surface area contributed by atoms with E-state index in [-0.39, 0.29) is 0 Å². The second-order valence-corrected chi connectivity index (χ2v) is 28.6. The molecule has 0 spiro atoms. The van der Waals surface area contributed by atoms with E-state index in [1.54, 1.807) is 83.8 Å². The number of para-hydroxylation sites is 4. The number of hydrogen-bond donors (Lipinski definition) is 1. The highest BCUT2D eigenvalue weighted by Gasteiger charge is 2.24. The molecule has 0 aliphatic heterocycles. The molecule has 4 aromatic heterocycles. The van der Waals surface area contributed by atoms with Crippen LogP contribution in [0, 0.1) is 111 Å². The number of methoxy groups -OCH3 is 10. The average molecular weight is 1670 g/mol. The summed E-state index contributed by atoms with van der Waals surface area (Å²) < 4.78 is 117. The third-order valence-corrected chi connectivity index (χ3v) is 21.9. The van der Waals surface area contributed by atoms with Crippen LogP contribution in [0.3, 0.4) is 0 Å². The number of nitrogens with two attached hydrogens (primary N) is 1. The fraction of sp³-hybridized carbons (Fsp3) is 0.467. The van der Waals surface area contributed by atoms with Crippen molar-refractivity contribution in [2.24, 2.45) is 5.73 Å². The zero-order chi connectivity index (χ0) is 90.0. The van der Waals surface area contributed by atoms with Crippen LogP contribution in [0.2, 0.25) is 13.6 Å². The van der Waals surface area contributed by atoms with Gasteiger partial charge in [-0.15, -0.1) is 10.2 Å². The quantitative estimate of drug-likeness (QED) is 0.0342. The van der Waals surface area contributed by atoms with Crippen LogP contribution >= 0.6 is 0 Å². The summed E-state index contributed by atoms with van der Waals surface area (Å²) in [4.78, 5) is 13.2. The molecule has 0 saturated carbocycles. The van der Waals surface area contributed by atoms with Crippen LogP contribution in [0.15, 0.2) is 86.2 Å². The molecule has 0 aliphatic rings. The molecular formula is C92H130B2F6N10O10. The predicted octanol–water partition coefficient (Wildman–Crippen LogP) is 21.3. The molecule has 0 atom stereocenters. The number of aryl methyl sites for hydroxylation is 5. The number of halogens is 6. The van der Waals surface area contributed by atoms with Crippen LogP contribution in [0.4, 0.5) is 26.9 Å². The molecule has 20 nitrogen and oxygen atoms in total. The molecule has 7 aromatic carbocycles. The zero-order valence-corrected chi connectivity index (χ0v) is 76.3. The highest BCUT2D eigenvalue weighted by Crippen LogP contribution is 2.43. The normalized spacial score (nSPS) is 10.3. The van der Waals surface area contributed by atoms with Gasteiger partial charge in [0.25, 0.3) is 0 Å². The molecule has 0 unspecified atom stereocenters. The molecule has 0 bridgehead atoms. The summed E-state index contributed by atoms with van der Waals surface area (Å²) in [6.07, 6.45) is 20.8. The Morgan fingerprint density at radius 3 is 0.933 bits per heavy atom. The van der Waals surface area contributed by atoms with Gasteiger partial charge >= 0.3 is 15.1 Å². The van der Waals surface area contributed by atoms with E-state index in [1.807, 2.05) is 47.8 Å². The van der Waals surface area contributed by atoms with Crippen molar-refractivity contribution in [3.05, 3.63) is 203 Å². The topological polar surface area (TPSA) is 202 Å². The van der Waals surface area contributed by atoms with Crippen molar-refractivity contribution in [3.8, 4) is 57.5 Å². The molecule has 656 valence electrons. The maximum absolute atomic E-state index is 10.2. The van der Waals surface area contributed by atoms with Crippen molar-refractivity contribution in [1.82, 2.24) is 43.4 Å². The molecule has 2 N–H and O–H groups in total. The number of benzene rings is 7. The first-order valence-electron chi connectivity index (χ1n) is 40.1. The van der Waals surface area contributed by atoms with Gasteiger partial charge in [-0.3, -0.25) is 0 Å². The smallest absolute Gasteiger partial charge is 0.351 e. The van der Waals surface area contributed by atoms with Crippen molar-refractivity contribution < 1.29 is 74.3 Å². The minimum atomic E-state index is 0.500. The Bertz CT molecular complexity index is 4800. The summed E-state index contributed by atoms with van der Waals surface area (Å²) in [6.45, 7) is 40.5. The Kier molecular flexibility index (Phi) is 46.6. The minimum absolute atomic E-state index is 0.500. The molecule has 0 amide bonds. The van der Waals surface area contributed by atoms with E-state index >= 15 is 0 Å². The fourth-order valence-electron chi connectivity index (χ4n) is 15.6. The van der Waals surface area contributed by atoms with E-state index in [2.05, 4.69) is 180 Å². The largest absolute Gasteiger partial charge is 0.496 e. The lowest BCUT2D eigenvalue weighted by Crippen LogP contribution is -2.06. The van der Waals surface area contributed by atoms with Crippen molar-refractivity contribution >= 4 is 37.2 Å². The first kappa shape index (κ1) is 104. The van der Waals surface area contributed by atoms with Crippen LogP contribution in [0.25, 0.3) is 22.1 Å². The van der Waals surface area contributed by atoms with Gasteiger partial charge in [-0.2, -0.15) is 0 Å². The highest BCUT2D eigenvalue weighted by atomic mass is 20.0. The van der Waals surface area contributed by atoms with E-state index in [4.69, 9.17) is 71.4 Å². The Balaban J connectivity index is 0.000000379. The molecule has 11 aromatic rings. The van der Waals surface area contributed by atoms with Gasteiger partial charge in [0.1, 0.15) is 76.0 Å². The standard InChI is InChI=1S/C22H28N2O2.C21H26N2O2.C17H24N2O2.C16H23N3O2.C14H23NO2.2CH3BF.2F2/c1-14-15(2)22(26-6)18(16(3)21(14)25-5)10-9-13-24-17(4)23-19-11-7-8-12-20(19)24;1-14-15(2)21(25-5)17(16(3)20(14)24-4)9-8-12-23-13-22-18-10-6-7-11-19(18)23;1-12-13(2)17(21-5)15(14(3)16(12)20-4)7-6-9-19-10-8-18-11-19;1-11-12(2)16(21-5)14(13(3)15(11)20-4)7-6-8-19-9-17-18-10-19;1-9-10(2)14(17-5)12(7-6-8-15)11(3)13(9)16-4;2*1-2-3;2*1-2/h7-8,11-12H,9-10,13H2,1-6H3;6-7,10-11,13H,8-9,12H2,1-5H3;8,10-11H,6-7,9H2,1-5H3;9-10H,6-8H2,1-5H3;6-8,15H2,1-5H3;2*1H3;;. The second kappa shape index (κ2) is 53.9. The summed E-state index contributed by atoms with van der Waals surface area (Å²) in [7, 11) is 18.4. The molecule has 28 heteroatoms. The summed E-state index contributed by atoms with van der Waals surface area (Å²) in [5, 5.41) is 7.64. The predicted molar refractivity (Wildman–Crippen MR) is 476 cm³/mol. The molecule has 2 radical (unpaired) electrons. The third kappa shape index (κ3) is 26.5. The number of imidazole rings is 3. The van der Waals surface area contributed by atoms with E-state index in [0.717, 1.165) is 220 Å². The van der Waals surface area contributed by atoms with Crippen LogP contribution in [0.5, 0.6) is 57.5 Å². The van der Waals surface area contributed by atoms with Crippen molar-refractivity contribution in [3.63, 3.8) is 0 Å². The number of ether oxygens (including phenoxy) is 10. The fourth-order valence-corrected chi connectivity index (χ4v) is 15.6. The third-order valence-electron chi connectivity index (χ3n) is 21.9. The molecule has 0 aliphatic carbocycles. The lowest BCUT2D eigenvalue weighted by Gasteiger charge is -2.20. The Morgan fingerprint density at radius 1 is 0.333 bits per heavy atom. The second-order valence-electron chi connectivity index (χ2n) is 28.6. The lowest BCUT2D eigenvalue weighted by molar-refractivity contribution is 0.108. The SMILES string of the molecule is COc1c(C)c(C)c(OC)c(CCCN)c1C.COc1c(C)c(C)c(OC)c(CCCn2c(C)nc3ccccc32)c1C.COc1c(C)c(C)c(OC)c(CCCn2ccnc2)c1C.COc1c(C)c(C)c(OC)c(CCCn2cnc3ccccc32)c1C.COc1c(C)c(C)c(OC)c(CCCn2cnnc2)c1C.C[B]F.C[B]F.FF.FF. The molecule has 4 heterocycles. The lowest BCUT2D eigenvalue weighted by atomic mass is 9.94. The van der Waals surface area contributed by atoms with E-state index < -0.39 is 0 Å². The average Bonchev–Trinajstić information content (AvgIpc) is 1.21. The van der Waals surface area contributed by atoms with Gasteiger partial charge in [0.15, 0.2) is 0 Å². The number of aromatic nitrogens is 9. The number of nitrogens with zero attached hydrogens (tertiary/aromatic N) is 9. The highest BCUT2D eigenvalue weighted by molar-refractivity contribution is 6.23. The van der Waals surface area contributed by atoms with Crippen LogP contribution in [0.1, 0.15) is 149 Å². The van der Waals surface area contributed by atoms with Crippen molar-refractivity contribution in [2.75, 3.05) is 77.6 Å². The maximum atomic E-state index is 10.2. The Hall–Kier alpha value is -10.5. The summed E-state index contributed by atoms with van der Waals surface area (Å²) >= 11 is 0. The monoisotopic (exact) mass is 1670 g/mol. The van der Waals surface area contributed by atoms with Crippen molar-refractivity contribution in [2.45, 2.75) is 215 Å². The van der Waals surface area contributed by atoms with E-state index in [0.29, 0.717) is 21.7 Å². The van der Waals surface area contributed by atoms with Crippen LogP contribution in [-0.4, -0.2) is 136 Å². The van der Waals surface area contributed by atoms with Crippen LogP contribution < -0.4 is 53.1 Å². The van der Waals surface area contributed by atoms with Gasteiger partial charge in [0.05, 0.1) is 106 Å². The Labute approximate surface area is 710 Å². The maximum Gasteiger partial charge on any atom is 0.351 e. The first-order chi connectivity index (χ1) is 57.7. The van der Waals surface area contributed by atoms with Gasteiger partial charge in [0.2, 0.25) is 0 Å². The molecule has 120 heavy (non-hydrogen) atoms. The number of rotatable bonds is 29. The zero-order valence-electron chi connectivity index (χ0n) is 76.3. The van der Waals surface area contributed by atoms with Crippen LogP contribution in [-0.2, 0) is 58.3 Å². The van der Waals surface area contributed by atoms with Gasteiger partial charge < -0.3 is 80.0 Å². The number of hydrogen-bond acceptors (Lipinski definition) is 16. The summed E-state index contributed by atoms with van der Waals surface area (Å²) in [5.74, 6) is 10.9. The molecule has 0 saturated heterocycles. The molecule has 11 rings (SSSR count). The number of fused-ring (bicyclic) bond motifs is 2. The van der Waals surface area contributed by atoms with E-state index in [9.17, 15) is 8.63 Å². The van der Waals surface area contributed by atoms with Crippen molar-refractivity contribution in [1.29, 1.82) is 0 Å². The van der Waals surface area contributed by atoms with Gasteiger partial charge in [0, 0.05) is 84.7 Å². The first-order valence-corrected chi connectivity index (χ1v) is 40.1. The Morgan fingerprint density at radius 2 is 0.617 bits per heavy atom. The van der Waals surface area contributed by atoms with Gasteiger partial charge in [-0.25, -0.2) is 15.0 Å². The minimum Gasteiger partial charge on any atom is -0.496 e. The summed E-state index contributed by atoms with van der Waals surface area (Å²) in [6, 6.07) is 16.6. The molecular weight excluding hydrogens is 1540 g/mol. The van der Waals surface area contributed by atoms with E-state index in [1.165, 1.54) is 80.3 Å². The molecule has 0 fully saturated rings.